The molecule has 0 radical (unpaired) electrons. The number of carboxylic acids is 1. The van der Waals surface area contributed by atoms with Crippen molar-refractivity contribution in [3.8, 4) is 0 Å². The van der Waals surface area contributed by atoms with Gasteiger partial charge in [-0.15, -0.1) is 11.8 Å². The number of hydrogen-bond acceptors (Lipinski definition) is 3. The second-order valence-electron chi connectivity index (χ2n) is 3.00. The average molecular weight is 211 g/mol. The lowest BCUT2D eigenvalue weighted by molar-refractivity contribution is -0.138. The van der Waals surface area contributed by atoms with Crippen molar-refractivity contribution in [1.29, 1.82) is 0 Å². The van der Waals surface area contributed by atoms with E-state index in [0.29, 0.717) is 0 Å². The van der Waals surface area contributed by atoms with Crippen LogP contribution in [-0.4, -0.2) is 22.4 Å². The van der Waals surface area contributed by atoms with Gasteiger partial charge in [0.2, 0.25) is 0 Å². The summed E-state index contributed by atoms with van der Waals surface area (Å²) in [6.45, 7) is 1.82. The van der Waals surface area contributed by atoms with Crippen molar-refractivity contribution in [3.05, 3.63) is 30.3 Å². The fraction of sp³-hybridized carbons (Fsp3) is 0.300. The minimum Gasteiger partial charge on any atom is -0.480 e. The maximum atomic E-state index is 10.6. The molecule has 3 nitrogen and oxygen atoms in total. The van der Waals surface area contributed by atoms with E-state index in [-0.39, 0.29) is 5.25 Å². The first-order valence-electron chi connectivity index (χ1n) is 4.31. The Kier molecular flexibility index (Phi) is 3.98. The molecule has 14 heavy (non-hydrogen) atoms. The first-order chi connectivity index (χ1) is 6.61. The van der Waals surface area contributed by atoms with Crippen LogP contribution in [0.15, 0.2) is 35.2 Å². The predicted molar refractivity (Wildman–Crippen MR) is 57.4 cm³/mol. The van der Waals surface area contributed by atoms with Crippen LogP contribution in [0.2, 0.25) is 0 Å². The summed E-state index contributed by atoms with van der Waals surface area (Å²) in [7, 11) is 0. The maximum absolute atomic E-state index is 10.6. The van der Waals surface area contributed by atoms with E-state index in [0.717, 1.165) is 4.90 Å². The number of thioether (sulfide) groups is 1. The van der Waals surface area contributed by atoms with Gasteiger partial charge < -0.3 is 10.8 Å². The summed E-state index contributed by atoms with van der Waals surface area (Å²) in [4.78, 5) is 11.6. The van der Waals surface area contributed by atoms with Crippen LogP contribution in [0.4, 0.5) is 0 Å². The molecule has 0 saturated heterocycles. The van der Waals surface area contributed by atoms with E-state index >= 15 is 0 Å². The van der Waals surface area contributed by atoms with Gasteiger partial charge >= 0.3 is 5.97 Å². The number of benzene rings is 1. The van der Waals surface area contributed by atoms with E-state index in [1.807, 2.05) is 37.3 Å². The van der Waals surface area contributed by atoms with E-state index in [2.05, 4.69) is 0 Å². The number of hydrogen-bond donors (Lipinski definition) is 2. The molecule has 0 saturated carbocycles. The molecule has 0 aliphatic heterocycles. The van der Waals surface area contributed by atoms with E-state index in [4.69, 9.17) is 10.8 Å². The summed E-state index contributed by atoms with van der Waals surface area (Å²) < 4.78 is 0. The summed E-state index contributed by atoms with van der Waals surface area (Å²) in [6.07, 6.45) is 0. The van der Waals surface area contributed by atoms with Crippen LogP contribution >= 0.6 is 11.8 Å². The minimum absolute atomic E-state index is 0.130. The molecule has 0 unspecified atom stereocenters. The molecule has 0 aliphatic rings. The van der Waals surface area contributed by atoms with Crippen LogP contribution in [-0.2, 0) is 4.79 Å². The molecule has 2 atom stereocenters. The molecular formula is C10H13NO2S. The van der Waals surface area contributed by atoms with Gasteiger partial charge in [-0.1, -0.05) is 25.1 Å². The molecule has 0 fully saturated rings. The lowest BCUT2D eigenvalue weighted by atomic mass is 10.2. The lowest BCUT2D eigenvalue weighted by Crippen LogP contribution is -2.38. The molecule has 0 spiro atoms. The van der Waals surface area contributed by atoms with Crippen LogP contribution in [0.25, 0.3) is 0 Å². The largest absolute Gasteiger partial charge is 0.480 e. The predicted octanol–water partition coefficient (Wildman–Crippen LogP) is 1.58. The Bertz CT molecular complexity index is 302. The minimum atomic E-state index is -0.957. The molecule has 3 N–H and O–H groups in total. The number of rotatable bonds is 4. The van der Waals surface area contributed by atoms with Crippen molar-refractivity contribution in [2.45, 2.75) is 23.1 Å². The van der Waals surface area contributed by atoms with Crippen molar-refractivity contribution >= 4 is 17.7 Å². The Hall–Kier alpha value is -1.00. The van der Waals surface area contributed by atoms with Gasteiger partial charge in [0.15, 0.2) is 0 Å². The van der Waals surface area contributed by atoms with Gasteiger partial charge in [0, 0.05) is 10.1 Å². The van der Waals surface area contributed by atoms with Gasteiger partial charge in [-0.2, -0.15) is 0 Å². The normalized spacial score (nSPS) is 14.7. The third-order valence-electron chi connectivity index (χ3n) is 1.86. The van der Waals surface area contributed by atoms with Gasteiger partial charge in [-0.3, -0.25) is 4.79 Å². The smallest absolute Gasteiger partial charge is 0.321 e. The van der Waals surface area contributed by atoms with Gasteiger partial charge in [0.25, 0.3) is 0 Å². The van der Waals surface area contributed by atoms with E-state index < -0.39 is 12.0 Å². The van der Waals surface area contributed by atoms with Gasteiger partial charge in [-0.25, -0.2) is 0 Å². The Balaban J connectivity index is 2.57. The Morgan fingerprint density at radius 2 is 2.00 bits per heavy atom. The third-order valence-corrected chi connectivity index (χ3v) is 3.07. The Labute approximate surface area is 87.3 Å². The lowest BCUT2D eigenvalue weighted by Gasteiger charge is -2.14. The quantitative estimate of drug-likeness (QED) is 0.742. The fourth-order valence-electron chi connectivity index (χ4n) is 0.988. The number of carbonyl (C=O) groups is 1. The molecular weight excluding hydrogens is 198 g/mol. The third kappa shape index (κ3) is 3.05. The van der Waals surface area contributed by atoms with E-state index in [1.54, 1.807) is 0 Å². The molecule has 1 rings (SSSR count). The molecule has 0 aliphatic carbocycles. The van der Waals surface area contributed by atoms with Crippen LogP contribution in [0.5, 0.6) is 0 Å². The molecule has 0 amide bonds. The topological polar surface area (TPSA) is 63.3 Å². The SMILES string of the molecule is C[C@H](Sc1ccccc1)[C@@H](N)C(=O)O. The fourth-order valence-corrected chi connectivity index (χ4v) is 1.99. The first-order valence-corrected chi connectivity index (χ1v) is 5.19. The molecule has 76 valence electrons. The molecule has 1 aromatic carbocycles. The van der Waals surface area contributed by atoms with Crippen molar-refractivity contribution in [2.24, 2.45) is 5.73 Å². The second-order valence-corrected chi connectivity index (χ2v) is 4.45. The van der Waals surface area contributed by atoms with Crippen LogP contribution in [0, 0.1) is 0 Å². The highest BCUT2D eigenvalue weighted by molar-refractivity contribution is 8.00. The zero-order chi connectivity index (χ0) is 10.6. The van der Waals surface area contributed by atoms with Crippen molar-refractivity contribution in [1.82, 2.24) is 0 Å². The Morgan fingerprint density at radius 3 is 2.50 bits per heavy atom. The van der Waals surface area contributed by atoms with Crippen molar-refractivity contribution < 1.29 is 9.90 Å². The zero-order valence-electron chi connectivity index (χ0n) is 7.88. The highest BCUT2D eigenvalue weighted by Gasteiger charge is 2.20. The second kappa shape index (κ2) is 5.02. The van der Waals surface area contributed by atoms with Gasteiger partial charge in [0.05, 0.1) is 0 Å². The van der Waals surface area contributed by atoms with Crippen molar-refractivity contribution in [2.75, 3.05) is 0 Å². The number of nitrogens with two attached hydrogens (primary N) is 1. The van der Waals surface area contributed by atoms with Gasteiger partial charge in [-0.05, 0) is 12.1 Å². The summed E-state index contributed by atoms with van der Waals surface area (Å²) in [6, 6.07) is 8.82. The van der Waals surface area contributed by atoms with Crippen molar-refractivity contribution in [3.63, 3.8) is 0 Å². The molecule has 4 heteroatoms. The van der Waals surface area contributed by atoms with Crippen LogP contribution in [0.1, 0.15) is 6.92 Å². The van der Waals surface area contributed by atoms with Crippen LogP contribution < -0.4 is 5.73 Å². The van der Waals surface area contributed by atoms with E-state index in [1.165, 1.54) is 11.8 Å². The molecule has 0 bridgehead atoms. The molecule has 0 heterocycles. The highest BCUT2D eigenvalue weighted by Crippen LogP contribution is 2.23. The monoisotopic (exact) mass is 211 g/mol. The van der Waals surface area contributed by atoms with E-state index in [9.17, 15) is 4.79 Å². The summed E-state index contributed by atoms with van der Waals surface area (Å²) in [5, 5.41) is 8.56. The van der Waals surface area contributed by atoms with Crippen LogP contribution in [0.3, 0.4) is 0 Å². The Morgan fingerprint density at radius 1 is 1.43 bits per heavy atom. The number of aliphatic carboxylic acids is 1. The summed E-state index contributed by atoms with van der Waals surface area (Å²) >= 11 is 1.47. The highest BCUT2D eigenvalue weighted by atomic mass is 32.2. The number of carboxylic acid groups (broad SMARTS) is 1. The molecule has 0 aromatic heterocycles. The maximum Gasteiger partial charge on any atom is 0.321 e. The first kappa shape index (κ1) is 11.1. The standard InChI is InChI=1S/C10H13NO2S/c1-7(9(11)10(12)13)14-8-5-3-2-4-6-8/h2-7,9H,11H2,1H3,(H,12,13)/t7-,9+/m0/s1. The van der Waals surface area contributed by atoms with Gasteiger partial charge in [0.1, 0.15) is 6.04 Å². The average Bonchev–Trinajstić information content (AvgIpc) is 2.18. The zero-order valence-corrected chi connectivity index (χ0v) is 8.70. The summed E-state index contributed by atoms with van der Waals surface area (Å²) in [5.74, 6) is -0.957. The molecule has 1 aromatic rings. The summed E-state index contributed by atoms with van der Waals surface area (Å²) in [5.41, 5.74) is 5.49.